The van der Waals surface area contributed by atoms with Crippen LogP contribution in [0.2, 0.25) is 0 Å². The Kier molecular flexibility index (Phi) is 3.25. The summed E-state index contributed by atoms with van der Waals surface area (Å²) in [6.45, 7) is 0.943. The number of aromatic amines is 1. The number of nitrogens with one attached hydrogen (secondary N) is 2. The molecule has 1 amide bonds. The molecule has 2 aromatic rings. The molecule has 1 atom stereocenters. The van der Waals surface area contributed by atoms with Gasteiger partial charge in [-0.1, -0.05) is 24.6 Å². The molecule has 4 heteroatoms. The number of nitrogens with zero attached hydrogens (tertiary/aromatic N) is 1. The van der Waals surface area contributed by atoms with Crippen LogP contribution >= 0.6 is 0 Å². The third-order valence-electron chi connectivity index (χ3n) is 3.87. The molecular formula is C15H19N3O. The fourth-order valence-electron chi connectivity index (χ4n) is 2.75. The van der Waals surface area contributed by atoms with E-state index in [1.165, 1.54) is 6.42 Å². The number of rotatable bonds is 2. The van der Waals surface area contributed by atoms with Crippen LogP contribution in [0, 0.1) is 0 Å². The fourth-order valence-corrected chi connectivity index (χ4v) is 2.75. The number of hydrogen-bond donors (Lipinski definition) is 2. The van der Waals surface area contributed by atoms with Crippen LogP contribution < -0.4 is 10.2 Å². The summed E-state index contributed by atoms with van der Waals surface area (Å²) in [5.41, 5.74) is 2.02. The highest BCUT2D eigenvalue weighted by Crippen LogP contribution is 2.26. The van der Waals surface area contributed by atoms with Gasteiger partial charge in [-0.05, 0) is 25.5 Å². The summed E-state index contributed by atoms with van der Waals surface area (Å²) in [6.07, 6.45) is 5.14. The van der Waals surface area contributed by atoms with Gasteiger partial charge in [0.15, 0.2) is 0 Å². The number of benzene rings is 1. The lowest BCUT2D eigenvalue weighted by molar-refractivity contribution is -0.120. The zero-order valence-corrected chi connectivity index (χ0v) is 11.1. The van der Waals surface area contributed by atoms with Crippen LogP contribution in [0.3, 0.4) is 0 Å². The largest absolute Gasteiger partial charge is 0.359 e. The molecule has 0 bridgehead atoms. The van der Waals surface area contributed by atoms with E-state index in [4.69, 9.17) is 0 Å². The Morgan fingerprint density at radius 3 is 2.95 bits per heavy atom. The predicted octanol–water partition coefficient (Wildman–Crippen LogP) is 2.27. The first kappa shape index (κ1) is 12.2. The van der Waals surface area contributed by atoms with Crippen LogP contribution in [0.4, 0.5) is 5.69 Å². The van der Waals surface area contributed by atoms with Crippen LogP contribution in [0.5, 0.6) is 0 Å². The summed E-state index contributed by atoms with van der Waals surface area (Å²) in [7, 11) is 1.86. The summed E-state index contributed by atoms with van der Waals surface area (Å²) in [4.78, 5) is 17.5. The zero-order valence-electron chi connectivity index (χ0n) is 11.1. The number of likely N-dealkylation sites (N-methyl/N-ethyl adjacent to an activating group) is 1. The van der Waals surface area contributed by atoms with Crippen LogP contribution in [0.1, 0.15) is 19.3 Å². The van der Waals surface area contributed by atoms with Crippen molar-refractivity contribution < 1.29 is 4.79 Å². The van der Waals surface area contributed by atoms with E-state index in [-0.39, 0.29) is 11.9 Å². The number of fused-ring (bicyclic) bond motifs is 1. The predicted molar refractivity (Wildman–Crippen MR) is 77.4 cm³/mol. The maximum atomic E-state index is 12.5. The van der Waals surface area contributed by atoms with Crippen molar-refractivity contribution in [2.24, 2.45) is 0 Å². The van der Waals surface area contributed by atoms with Gasteiger partial charge < -0.3 is 15.2 Å². The van der Waals surface area contributed by atoms with Crippen molar-refractivity contribution in [3.63, 3.8) is 0 Å². The average molecular weight is 257 g/mol. The highest BCUT2D eigenvalue weighted by molar-refractivity contribution is 6.04. The molecule has 0 saturated carbocycles. The highest BCUT2D eigenvalue weighted by Gasteiger charge is 2.25. The molecule has 100 valence electrons. The molecule has 19 heavy (non-hydrogen) atoms. The topological polar surface area (TPSA) is 48.1 Å². The first-order valence-electron chi connectivity index (χ1n) is 6.84. The van der Waals surface area contributed by atoms with Crippen LogP contribution in [0.25, 0.3) is 10.9 Å². The molecule has 1 fully saturated rings. The molecular weight excluding hydrogens is 238 g/mol. The van der Waals surface area contributed by atoms with Crippen molar-refractivity contribution in [2.75, 3.05) is 18.5 Å². The number of para-hydroxylation sites is 1. The molecule has 1 unspecified atom stereocenters. The second-order valence-corrected chi connectivity index (χ2v) is 5.12. The lowest BCUT2D eigenvalue weighted by Crippen LogP contribution is -2.47. The maximum Gasteiger partial charge on any atom is 0.243 e. The minimum atomic E-state index is -0.0348. The first-order chi connectivity index (χ1) is 9.27. The monoisotopic (exact) mass is 257 g/mol. The number of carbonyl (C=O) groups is 1. The van der Waals surface area contributed by atoms with E-state index < -0.39 is 0 Å². The number of aromatic nitrogens is 1. The third-order valence-corrected chi connectivity index (χ3v) is 3.87. The molecule has 3 rings (SSSR count). The molecule has 0 radical (unpaired) electrons. The van der Waals surface area contributed by atoms with E-state index >= 15 is 0 Å². The quantitative estimate of drug-likeness (QED) is 0.867. The smallest absolute Gasteiger partial charge is 0.243 e. The van der Waals surface area contributed by atoms with Gasteiger partial charge in [0.25, 0.3) is 0 Å². The first-order valence-corrected chi connectivity index (χ1v) is 6.84. The van der Waals surface area contributed by atoms with Crippen LogP contribution in [-0.2, 0) is 4.79 Å². The number of hydrogen-bond acceptors (Lipinski definition) is 2. The molecule has 0 aliphatic carbocycles. The Hall–Kier alpha value is -1.81. The van der Waals surface area contributed by atoms with E-state index in [1.807, 2.05) is 37.5 Å². The van der Waals surface area contributed by atoms with Crippen LogP contribution in [0.15, 0.2) is 30.5 Å². The fraction of sp³-hybridized carbons (Fsp3) is 0.400. The average Bonchev–Trinajstić information content (AvgIpc) is 2.90. The molecule has 1 aliphatic heterocycles. The molecule has 1 aromatic heterocycles. The van der Waals surface area contributed by atoms with Gasteiger partial charge in [-0.25, -0.2) is 0 Å². The second-order valence-electron chi connectivity index (χ2n) is 5.12. The second kappa shape index (κ2) is 5.05. The van der Waals surface area contributed by atoms with Gasteiger partial charge >= 0.3 is 0 Å². The Bertz CT molecular complexity index is 584. The molecule has 1 aromatic carbocycles. The number of anilines is 1. The van der Waals surface area contributed by atoms with Gasteiger partial charge in [0.05, 0.1) is 11.7 Å². The molecule has 1 saturated heterocycles. The van der Waals surface area contributed by atoms with Gasteiger partial charge in [0.1, 0.15) is 0 Å². The summed E-state index contributed by atoms with van der Waals surface area (Å²) in [6, 6.07) is 8.02. The summed E-state index contributed by atoms with van der Waals surface area (Å²) in [5.74, 6) is 0.157. The Morgan fingerprint density at radius 1 is 1.32 bits per heavy atom. The SMILES string of the molecule is CN(C(=O)C1CCCCN1)c1c[nH]c2ccccc12. The van der Waals surface area contributed by atoms with E-state index in [1.54, 1.807) is 4.90 Å². The minimum Gasteiger partial charge on any atom is -0.359 e. The van der Waals surface area contributed by atoms with E-state index in [0.717, 1.165) is 36.0 Å². The summed E-state index contributed by atoms with van der Waals surface area (Å²) in [5, 5.41) is 4.40. The Balaban J connectivity index is 1.86. The number of carbonyl (C=O) groups excluding carboxylic acids is 1. The molecule has 2 N–H and O–H groups in total. The van der Waals surface area contributed by atoms with Crippen molar-refractivity contribution in [2.45, 2.75) is 25.3 Å². The molecule has 2 heterocycles. The summed E-state index contributed by atoms with van der Waals surface area (Å²) < 4.78 is 0. The van der Waals surface area contributed by atoms with Gasteiger partial charge in [0, 0.05) is 24.1 Å². The Morgan fingerprint density at radius 2 is 2.16 bits per heavy atom. The standard InChI is InChI=1S/C15H19N3O/c1-18(15(19)13-8-4-5-9-16-13)14-10-17-12-7-3-2-6-11(12)14/h2-3,6-7,10,13,16-17H,4-5,8-9H2,1H3. The number of H-pyrrole nitrogens is 1. The van der Waals surface area contributed by atoms with Crippen molar-refractivity contribution in [1.82, 2.24) is 10.3 Å². The maximum absolute atomic E-state index is 12.5. The van der Waals surface area contributed by atoms with Crippen molar-refractivity contribution in [3.8, 4) is 0 Å². The van der Waals surface area contributed by atoms with E-state index in [0.29, 0.717) is 0 Å². The van der Waals surface area contributed by atoms with Crippen molar-refractivity contribution in [3.05, 3.63) is 30.5 Å². The minimum absolute atomic E-state index is 0.0348. The summed E-state index contributed by atoms with van der Waals surface area (Å²) >= 11 is 0. The lowest BCUT2D eigenvalue weighted by atomic mass is 10.0. The lowest BCUT2D eigenvalue weighted by Gasteiger charge is -2.27. The molecule has 0 spiro atoms. The van der Waals surface area contributed by atoms with Gasteiger partial charge in [-0.3, -0.25) is 4.79 Å². The van der Waals surface area contributed by atoms with E-state index in [9.17, 15) is 4.79 Å². The van der Waals surface area contributed by atoms with Crippen LogP contribution in [-0.4, -0.2) is 30.5 Å². The van der Waals surface area contributed by atoms with E-state index in [2.05, 4.69) is 10.3 Å². The number of amides is 1. The van der Waals surface area contributed by atoms with Crippen molar-refractivity contribution >= 4 is 22.5 Å². The van der Waals surface area contributed by atoms with Gasteiger partial charge in [-0.2, -0.15) is 0 Å². The van der Waals surface area contributed by atoms with Gasteiger partial charge in [-0.15, -0.1) is 0 Å². The third kappa shape index (κ3) is 2.24. The van der Waals surface area contributed by atoms with Crippen molar-refractivity contribution in [1.29, 1.82) is 0 Å². The number of piperidine rings is 1. The van der Waals surface area contributed by atoms with Gasteiger partial charge in [0.2, 0.25) is 5.91 Å². The Labute approximate surface area is 112 Å². The normalized spacial score (nSPS) is 19.5. The molecule has 4 nitrogen and oxygen atoms in total. The zero-order chi connectivity index (χ0) is 13.2. The molecule has 1 aliphatic rings. The highest BCUT2D eigenvalue weighted by atomic mass is 16.2.